The monoisotopic (exact) mass is 556 g/mol. The number of amides is 2. The van der Waals surface area contributed by atoms with Crippen molar-refractivity contribution < 1.29 is 14.7 Å². The van der Waals surface area contributed by atoms with E-state index < -0.39 is 5.60 Å². The summed E-state index contributed by atoms with van der Waals surface area (Å²) < 4.78 is 2.10. The van der Waals surface area contributed by atoms with E-state index >= 15 is 0 Å². The molecule has 1 aliphatic heterocycles. The maximum absolute atomic E-state index is 12.3. The Morgan fingerprint density at radius 2 is 1.97 bits per heavy atom. The first-order chi connectivity index (χ1) is 16.8. The van der Waals surface area contributed by atoms with Crippen LogP contribution in [0, 0.1) is 6.92 Å². The number of aryl methyl sites for hydroxylation is 1. The van der Waals surface area contributed by atoms with Gasteiger partial charge >= 0.3 is 0 Å². The fourth-order valence-electron chi connectivity index (χ4n) is 4.99. The Morgan fingerprint density at radius 3 is 2.71 bits per heavy atom. The van der Waals surface area contributed by atoms with E-state index in [-0.39, 0.29) is 24.4 Å². The highest BCUT2D eigenvalue weighted by Crippen LogP contribution is 2.42. The van der Waals surface area contributed by atoms with Crippen LogP contribution < -0.4 is 10.6 Å². The molecule has 5 rings (SSSR count). The minimum absolute atomic E-state index is 0.0293. The van der Waals surface area contributed by atoms with Gasteiger partial charge in [0.15, 0.2) is 0 Å². The molecule has 3 aromatic rings. The Kier molecular flexibility index (Phi) is 6.94. The standard InChI is InChI=1S/C26H29BrN4O3S/c1-16-3-2-4-17(11-16)24(33)28-13-23(32)29-19-14-31(15-19)20-7-9-26(34,10-8-20)25-30-21-6-5-18(27)12-22(21)35-25/h2-6,11-12,19-20,34H,7-10,13-15H2,1H3,(H,28,33)(H,29,32). The number of carbonyl (C=O) groups is 2. The van der Waals surface area contributed by atoms with Crippen molar-refractivity contribution in [1.82, 2.24) is 20.5 Å². The molecule has 184 valence electrons. The summed E-state index contributed by atoms with van der Waals surface area (Å²) in [4.78, 5) is 31.6. The van der Waals surface area contributed by atoms with E-state index in [1.807, 2.05) is 37.3 Å². The van der Waals surface area contributed by atoms with Crippen molar-refractivity contribution in [3.63, 3.8) is 0 Å². The van der Waals surface area contributed by atoms with Crippen LogP contribution in [0.4, 0.5) is 0 Å². The Morgan fingerprint density at radius 1 is 1.20 bits per heavy atom. The fourth-order valence-corrected chi connectivity index (χ4v) is 6.65. The summed E-state index contributed by atoms with van der Waals surface area (Å²) in [5.74, 6) is -0.411. The molecule has 2 fully saturated rings. The van der Waals surface area contributed by atoms with Gasteiger partial charge in [-0.1, -0.05) is 33.6 Å². The summed E-state index contributed by atoms with van der Waals surface area (Å²) in [6.45, 7) is 3.50. The van der Waals surface area contributed by atoms with Gasteiger partial charge in [-0.15, -0.1) is 11.3 Å². The van der Waals surface area contributed by atoms with Crippen molar-refractivity contribution in [3.05, 3.63) is 63.1 Å². The molecule has 2 amide bonds. The first-order valence-electron chi connectivity index (χ1n) is 12.0. The van der Waals surface area contributed by atoms with Crippen LogP contribution in [-0.4, -0.2) is 58.5 Å². The van der Waals surface area contributed by atoms with Crippen molar-refractivity contribution in [3.8, 4) is 0 Å². The summed E-state index contributed by atoms with van der Waals surface area (Å²) >= 11 is 5.08. The minimum Gasteiger partial charge on any atom is -0.383 e. The average Bonchev–Trinajstić information content (AvgIpc) is 3.24. The summed E-state index contributed by atoms with van der Waals surface area (Å²) in [6.07, 6.45) is 3.20. The minimum atomic E-state index is -0.860. The van der Waals surface area contributed by atoms with Gasteiger partial charge in [-0.3, -0.25) is 14.5 Å². The Balaban J connectivity index is 1.06. The van der Waals surface area contributed by atoms with Crippen molar-refractivity contribution in [2.45, 2.75) is 50.3 Å². The number of nitrogens with one attached hydrogen (secondary N) is 2. The normalized spacial score (nSPS) is 23.1. The number of halogens is 1. The topological polar surface area (TPSA) is 94.6 Å². The predicted octanol–water partition coefficient (Wildman–Crippen LogP) is 3.73. The number of nitrogens with zero attached hydrogens (tertiary/aromatic N) is 2. The van der Waals surface area contributed by atoms with Gasteiger partial charge in [0.2, 0.25) is 5.91 Å². The molecule has 2 aliphatic rings. The molecule has 0 unspecified atom stereocenters. The van der Waals surface area contributed by atoms with E-state index in [4.69, 9.17) is 4.98 Å². The third kappa shape index (κ3) is 5.43. The zero-order valence-corrected chi connectivity index (χ0v) is 22.0. The molecule has 3 N–H and O–H groups in total. The van der Waals surface area contributed by atoms with E-state index in [9.17, 15) is 14.7 Å². The number of aliphatic hydroxyl groups is 1. The molecule has 0 spiro atoms. The largest absolute Gasteiger partial charge is 0.383 e. The maximum Gasteiger partial charge on any atom is 0.251 e. The molecule has 1 saturated carbocycles. The Bertz CT molecular complexity index is 1250. The van der Waals surface area contributed by atoms with E-state index in [1.54, 1.807) is 23.5 Å². The zero-order chi connectivity index (χ0) is 24.6. The van der Waals surface area contributed by atoms with Crippen LogP contribution >= 0.6 is 27.3 Å². The summed E-state index contributed by atoms with van der Waals surface area (Å²) in [6, 6.07) is 13.8. The van der Waals surface area contributed by atoms with Crippen LogP contribution in [0.2, 0.25) is 0 Å². The number of hydrogen-bond donors (Lipinski definition) is 3. The number of carbonyl (C=O) groups excluding carboxylic acids is 2. The first kappa shape index (κ1) is 24.4. The zero-order valence-electron chi connectivity index (χ0n) is 19.6. The van der Waals surface area contributed by atoms with E-state index in [0.29, 0.717) is 24.4 Å². The van der Waals surface area contributed by atoms with Crippen molar-refractivity contribution in [2.75, 3.05) is 19.6 Å². The number of thiazole rings is 1. The third-order valence-electron chi connectivity index (χ3n) is 7.01. The lowest BCUT2D eigenvalue weighted by Gasteiger charge is -2.47. The van der Waals surface area contributed by atoms with Crippen LogP contribution in [-0.2, 0) is 10.4 Å². The van der Waals surface area contributed by atoms with Crippen LogP contribution in [0.15, 0.2) is 46.9 Å². The second-order valence-electron chi connectivity index (χ2n) is 9.66. The highest BCUT2D eigenvalue weighted by atomic mass is 79.9. The lowest BCUT2D eigenvalue weighted by Crippen LogP contribution is -2.63. The summed E-state index contributed by atoms with van der Waals surface area (Å²) in [5.41, 5.74) is 1.63. The van der Waals surface area contributed by atoms with Gasteiger partial charge in [0.05, 0.1) is 22.8 Å². The summed E-state index contributed by atoms with van der Waals surface area (Å²) in [7, 11) is 0. The highest BCUT2D eigenvalue weighted by molar-refractivity contribution is 9.10. The lowest BCUT2D eigenvalue weighted by atomic mass is 9.81. The lowest BCUT2D eigenvalue weighted by molar-refractivity contribution is -0.122. The molecule has 9 heteroatoms. The highest BCUT2D eigenvalue weighted by Gasteiger charge is 2.41. The van der Waals surface area contributed by atoms with Crippen molar-refractivity contribution >= 4 is 49.3 Å². The molecule has 0 radical (unpaired) electrons. The van der Waals surface area contributed by atoms with Crippen molar-refractivity contribution in [2.24, 2.45) is 0 Å². The van der Waals surface area contributed by atoms with Gasteiger partial charge in [-0.05, 0) is 62.9 Å². The van der Waals surface area contributed by atoms with Gasteiger partial charge in [0.1, 0.15) is 10.6 Å². The molecule has 35 heavy (non-hydrogen) atoms. The van der Waals surface area contributed by atoms with E-state index in [0.717, 1.165) is 51.2 Å². The number of benzene rings is 2. The van der Waals surface area contributed by atoms with E-state index in [2.05, 4.69) is 31.5 Å². The number of likely N-dealkylation sites (tertiary alicyclic amines) is 1. The average molecular weight is 558 g/mol. The quantitative estimate of drug-likeness (QED) is 0.430. The molecular formula is C26H29BrN4O3S. The molecule has 1 aliphatic carbocycles. The molecule has 0 bridgehead atoms. The molecule has 2 aromatic carbocycles. The predicted molar refractivity (Wildman–Crippen MR) is 140 cm³/mol. The molecule has 2 heterocycles. The smallest absolute Gasteiger partial charge is 0.251 e. The fraction of sp³-hybridized carbons (Fsp3) is 0.423. The molecular weight excluding hydrogens is 528 g/mol. The SMILES string of the molecule is Cc1cccc(C(=O)NCC(=O)NC2CN(C3CCC(O)(c4nc5ccc(Br)cc5s4)CC3)C2)c1. The van der Waals surface area contributed by atoms with Crippen LogP contribution in [0.3, 0.4) is 0 Å². The van der Waals surface area contributed by atoms with Crippen LogP contribution in [0.5, 0.6) is 0 Å². The Labute approximate surface area is 217 Å². The number of rotatable bonds is 6. The number of hydrogen-bond acceptors (Lipinski definition) is 6. The first-order valence-corrected chi connectivity index (χ1v) is 13.6. The van der Waals surface area contributed by atoms with Crippen LogP contribution in [0.1, 0.15) is 46.6 Å². The second kappa shape index (κ2) is 9.97. The third-order valence-corrected chi connectivity index (χ3v) is 8.72. The second-order valence-corrected chi connectivity index (χ2v) is 11.6. The molecule has 0 atom stereocenters. The molecule has 1 aromatic heterocycles. The number of fused-ring (bicyclic) bond motifs is 1. The van der Waals surface area contributed by atoms with Crippen molar-refractivity contribution in [1.29, 1.82) is 0 Å². The van der Waals surface area contributed by atoms with Gasteiger partial charge in [0.25, 0.3) is 5.91 Å². The van der Waals surface area contributed by atoms with Gasteiger partial charge in [-0.25, -0.2) is 4.98 Å². The maximum atomic E-state index is 12.3. The van der Waals surface area contributed by atoms with Gasteiger partial charge in [-0.2, -0.15) is 0 Å². The van der Waals surface area contributed by atoms with Crippen LogP contribution in [0.25, 0.3) is 10.2 Å². The molecule has 7 nitrogen and oxygen atoms in total. The van der Waals surface area contributed by atoms with Gasteiger partial charge < -0.3 is 15.7 Å². The number of aromatic nitrogens is 1. The Hall–Kier alpha value is -2.33. The molecule has 1 saturated heterocycles. The van der Waals surface area contributed by atoms with Gasteiger partial charge in [0, 0.05) is 29.2 Å². The van der Waals surface area contributed by atoms with E-state index in [1.165, 1.54) is 0 Å². The summed E-state index contributed by atoms with van der Waals surface area (Å²) in [5, 5.41) is 17.8.